The third-order valence-electron chi connectivity index (χ3n) is 6.46. The van der Waals surface area contributed by atoms with Crippen molar-refractivity contribution in [3.05, 3.63) is 64.1 Å². The summed E-state index contributed by atoms with van der Waals surface area (Å²) in [6.07, 6.45) is 12.0. The summed E-state index contributed by atoms with van der Waals surface area (Å²) in [5.41, 5.74) is 0.377. The second-order valence-electron chi connectivity index (χ2n) is 8.30. The third-order valence-corrected chi connectivity index (χ3v) is 6.70. The van der Waals surface area contributed by atoms with Crippen LogP contribution in [0.3, 0.4) is 0 Å². The number of fused-ring (bicyclic) bond motifs is 4. The van der Waals surface area contributed by atoms with Crippen molar-refractivity contribution in [3.8, 4) is 5.75 Å². The van der Waals surface area contributed by atoms with Crippen molar-refractivity contribution in [3.63, 3.8) is 0 Å². The van der Waals surface area contributed by atoms with E-state index in [1.54, 1.807) is 10.6 Å². The van der Waals surface area contributed by atoms with Crippen LogP contribution in [0.2, 0.25) is 0 Å². The minimum atomic E-state index is -0.593. The molecule has 3 aliphatic heterocycles. The van der Waals surface area contributed by atoms with Crippen LogP contribution < -0.4 is 15.3 Å². The zero-order chi connectivity index (χ0) is 22.8. The van der Waals surface area contributed by atoms with Gasteiger partial charge in [0.05, 0.1) is 16.0 Å². The highest BCUT2D eigenvalue weighted by Gasteiger charge is 2.47. The monoisotopic (exact) mass is 456 g/mol. The zero-order valence-electron chi connectivity index (χ0n) is 18.3. The van der Waals surface area contributed by atoms with Crippen molar-refractivity contribution in [1.82, 2.24) is 19.7 Å². The molecule has 1 aromatic heterocycles. The summed E-state index contributed by atoms with van der Waals surface area (Å²) >= 11 is 0. The topological polar surface area (TPSA) is 83.9 Å². The zero-order valence-corrected chi connectivity index (χ0v) is 19.4. The molecule has 4 heterocycles. The molecule has 2 amide bonds. The van der Waals surface area contributed by atoms with Gasteiger partial charge in [0.1, 0.15) is 11.7 Å². The Morgan fingerprint density at radius 1 is 1.34 bits per heavy atom. The first-order valence-electron chi connectivity index (χ1n) is 10.9. The maximum absolute atomic E-state index is 13.3. The van der Waals surface area contributed by atoms with Gasteiger partial charge < -0.3 is 19.3 Å². The number of nitrogens with one attached hydrogen (secondary N) is 1. The Morgan fingerprint density at radius 2 is 2.16 bits per heavy atom. The lowest BCUT2D eigenvalue weighted by atomic mass is 10.0. The molecule has 0 bridgehead atoms. The highest BCUT2D eigenvalue weighted by Crippen LogP contribution is 2.35. The van der Waals surface area contributed by atoms with Crippen LogP contribution in [0.25, 0.3) is 0 Å². The highest BCUT2D eigenvalue weighted by molar-refractivity contribution is 7.10. The Labute approximate surface area is 189 Å². The van der Waals surface area contributed by atoms with Crippen molar-refractivity contribution in [2.45, 2.75) is 44.9 Å². The number of nitrogens with zero attached hydrogens (tertiary/aromatic N) is 3. The van der Waals surface area contributed by atoms with Gasteiger partial charge in [-0.25, -0.2) is 0 Å². The number of amides is 2. The second-order valence-corrected chi connectivity index (χ2v) is 8.54. The van der Waals surface area contributed by atoms with Gasteiger partial charge in [-0.15, -0.1) is 0 Å². The molecule has 32 heavy (non-hydrogen) atoms. The van der Waals surface area contributed by atoms with Gasteiger partial charge in [0.2, 0.25) is 5.43 Å². The van der Waals surface area contributed by atoms with Crippen LogP contribution in [-0.4, -0.2) is 58.0 Å². The Bertz CT molecular complexity index is 1060. The van der Waals surface area contributed by atoms with Crippen LogP contribution in [-0.2, 0) is 6.54 Å². The molecular formula is C23H29N4O4P. The molecule has 8 nitrogen and oxygen atoms in total. The fraction of sp³-hybridized carbons (Fsp3) is 0.435. The molecule has 0 aliphatic carbocycles. The van der Waals surface area contributed by atoms with Crippen LogP contribution in [0.15, 0.2) is 47.4 Å². The Kier molecular flexibility index (Phi) is 6.63. The SMILES string of the molecule is C=C/C(=C\C=C/C)CNC(=O)c1cn2c(c(OP)c1=O)C(=O)N1C[C@H]3CCCCN3[C@H]1C2. The van der Waals surface area contributed by atoms with Crippen LogP contribution in [0.1, 0.15) is 47.0 Å². The minimum absolute atomic E-state index is 0.0462. The van der Waals surface area contributed by atoms with Gasteiger partial charge in [0.25, 0.3) is 11.8 Å². The molecule has 0 aromatic carbocycles. The normalized spacial score (nSPS) is 23.0. The van der Waals surface area contributed by atoms with Gasteiger partial charge in [0, 0.05) is 31.9 Å². The number of piperidine rings is 1. The van der Waals surface area contributed by atoms with Gasteiger partial charge >= 0.3 is 0 Å². The lowest BCUT2D eigenvalue weighted by Gasteiger charge is -2.38. The maximum Gasteiger partial charge on any atom is 0.275 e. The highest BCUT2D eigenvalue weighted by atomic mass is 31.0. The fourth-order valence-electron chi connectivity index (χ4n) is 4.84. The molecule has 170 valence electrons. The molecule has 2 saturated heterocycles. The number of allylic oxidation sites excluding steroid dienone is 3. The smallest absolute Gasteiger partial charge is 0.275 e. The largest absolute Gasteiger partial charge is 0.474 e. The summed E-state index contributed by atoms with van der Waals surface area (Å²) in [5, 5.41) is 2.77. The predicted molar refractivity (Wildman–Crippen MR) is 126 cm³/mol. The Hall–Kier alpha value is -2.70. The number of aromatic nitrogens is 1. The first-order chi connectivity index (χ1) is 15.5. The lowest BCUT2D eigenvalue weighted by molar-refractivity contribution is 0.0454. The number of carbonyl (C=O) groups excluding carboxylic acids is 2. The van der Waals surface area contributed by atoms with Crippen molar-refractivity contribution in [2.24, 2.45) is 0 Å². The predicted octanol–water partition coefficient (Wildman–Crippen LogP) is 2.09. The van der Waals surface area contributed by atoms with E-state index in [1.165, 1.54) is 12.6 Å². The summed E-state index contributed by atoms with van der Waals surface area (Å²) in [4.78, 5) is 43.5. The molecule has 3 atom stereocenters. The first-order valence-corrected chi connectivity index (χ1v) is 11.4. The molecule has 4 rings (SSSR count). The quantitative estimate of drug-likeness (QED) is 0.524. The minimum Gasteiger partial charge on any atom is -0.474 e. The summed E-state index contributed by atoms with van der Waals surface area (Å²) in [6, 6.07) is 0.351. The van der Waals surface area contributed by atoms with E-state index in [0.29, 0.717) is 19.1 Å². The molecule has 2 fully saturated rings. The van der Waals surface area contributed by atoms with Crippen LogP contribution >= 0.6 is 9.47 Å². The lowest BCUT2D eigenvalue weighted by Crippen LogP contribution is -2.51. The van der Waals surface area contributed by atoms with Crippen molar-refractivity contribution in [2.75, 3.05) is 19.6 Å². The number of pyridine rings is 1. The van der Waals surface area contributed by atoms with Crippen molar-refractivity contribution in [1.29, 1.82) is 0 Å². The molecule has 9 heteroatoms. The Morgan fingerprint density at radius 3 is 2.88 bits per heavy atom. The van der Waals surface area contributed by atoms with Gasteiger partial charge in [-0.05, 0) is 25.3 Å². The van der Waals surface area contributed by atoms with E-state index in [9.17, 15) is 14.4 Å². The molecule has 0 spiro atoms. The number of rotatable bonds is 6. The molecule has 1 aromatic rings. The fourth-order valence-corrected chi connectivity index (χ4v) is 5.06. The van der Waals surface area contributed by atoms with Gasteiger partial charge in [-0.3, -0.25) is 19.3 Å². The summed E-state index contributed by atoms with van der Waals surface area (Å²) in [6.45, 7) is 8.00. The van der Waals surface area contributed by atoms with E-state index in [2.05, 4.69) is 16.8 Å². The number of hydrogen-bond acceptors (Lipinski definition) is 5. The third kappa shape index (κ3) is 3.93. The van der Waals surface area contributed by atoms with Crippen LogP contribution in [0.5, 0.6) is 5.75 Å². The first kappa shape index (κ1) is 22.5. The van der Waals surface area contributed by atoms with Gasteiger partial charge in [-0.2, -0.15) is 0 Å². The van der Waals surface area contributed by atoms with Gasteiger partial charge in [-0.1, -0.05) is 37.3 Å². The van der Waals surface area contributed by atoms with E-state index >= 15 is 0 Å². The van der Waals surface area contributed by atoms with E-state index in [1.807, 2.05) is 39.5 Å². The van der Waals surface area contributed by atoms with Crippen LogP contribution in [0.4, 0.5) is 0 Å². The maximum atomic E-state index is 13.3. The van der Waals surface area contributed by atoms with Crippen LogP contribution in [0, 0.1) is 0 Å². The van der Waals surface area contributed by atoms with E-state index in [4.69, 9.17) is 4.52 Å². The second kappa shape index (κ2) is 9.43. The van der Waals surface area contributed by atoms with Crippen molar-refractivity contribution < 1.29 is 14.1 Å². The number of hydrogen-bond donors (Lipinski definition) is 1. The average Bonchev–Trinajstić information content (AvgIpc) is 3.18. The summed E-state index contributed by atoms with van der Waals surface area (Å²) in [5.74, 6) is -0.844. The number of carbonyl (C=O) groups is 2. The van der Waals surface area contributed by atoms with Gasteiger partial charge in [0.15, 0.2) is 11.4 Å². The summed E-state index contributed by atoms with van der Waals surface area (Å²) < 4.78 is 6.99. The van der Waals surface area contributed by atoms with E-state index in [-0.39, 0.29) is 35.6 Å². The van der Waals surface area contributed by atoms with Crippen molar-refractivity contribution >= 4 is 21.3 Å². The van der Waals surface area contributed by atoms with E-state index in [0.717, 1.165) is 25.0 Å². The average molecular weight is 456 g/mol. The molecule has 3 aliphatic rings. The molecule has 0 saturated carbocycles. The molecular weight excluding hydrogens is 427 g/mol. The molecule has 1 unspecified atom stereocenters. The van der Waals surface area contributed by atoms with E-state index < -0.39 is 11.3 Å². The molecule has 0 radical (unpaired) electrons. The standard InChI is InChI=1S/C23H29N4O4P/c1-3-5-8-15(4-2)11-24-22(29)17-13-25-14-18-26-10-7-6-9-16(26)12-27(18)23(30)19(25)21(31-32)20(17)28/h3-5,8,13,16,18H,2,6-7,9-12,14,32H2,1H3,(H,24,29)/b5-3-,15-8+/t16-,18-/m1/s1. The summed E-state index contributed by atoms with van der Waals surface area (Å²) in [7, 11) is 2.04. The molecule has 1 N–H and O–H groups in total. The Balaban J connectivity index is 1.65.